The Morgan fingerprint density at radius 2 is 1.90 bits per heavy atom. The molecular formula is C15H27N3O2S. The van der Waals surface area contributed by atoms with E-state index in [0.29, 0.717) is 5.92 Å². The van der Waals surface area contributed by atoms with E-state index in [0.717, 1.165) is 31.3 Å². The third-order valence-corrected chi connectivity index (χ3v) is 5.02. The number of hydrogen-bond donors (Lipinski definition) is 1. The number of nitrogens with zero attached hydrogens (tertiary/aromatic N) is 2. The second-order valence-electron chi connectivity index (χ2n) is 5.69. The van der Waals surface area contributed by atoms with Gasteiger partial charge >= 0.3 is 0 Å². The van der Waals surface area contributed by atoms with Gasteiger partial charge in [0, 0.05) is 38.7 Å². The minimum Gasteiger partial charge on any atom is -0.377 e. The highest BCUT2D eigenvalue weighted by atomic mass is 32.1. The highest BCUT2D eigenvalue weighted by Gasteiger charge is 2.34. The lowest BCUT2D eigenvalue weighted by Crippen LogP contribution is -2.27. The summed E-state index contributed by atoms with van der Waals surface area (Å²) in [5.41, 5.74) is 1.21. The van der Waals surface area contributed by atoms with Crippen LogP contribution < -0.4 is 10.2 Å². The van der Waals surface area contributed by atoms with Crippen molar-refractivity contribution in [2.24, 2.45) is 0 Å². The number of ether oxygens (including phenoxy) is 2. The summed E-state index contributed by atoms with van der Waals surface area (Å²) in [6, 6.07) is 0. The van der Waals surface area contributed by atoms with Gasteiger partial charge < -0.3 is 19.7 Å². The van der Waals surface area contributed by atoms with Crippen molar-refractivity contribution in [3.63, 3.8) is 0 Å². The molecule has 1 aromatic rings. The lowest BCUT2D eigenvalue weighted by Gasteiger charge is -2.13. The minimum atomic E-state index is 0.124. The fourth-order valence-electron chi connectivity index (χ4n) is 2.66. The van der Waals surface area contributed by atoms with Gasteiger partial charge in [0.2, 0.25) is 0 Å². The number of rotatable bonds is 7. The molecule has 120 valence electrons. The van der Waals surface area contributed by atoms with Crippen LogP contribution in [0.4, 0.5) is 5.13 Å². The van der Waals surface area contributed by atoms with Crippen LogP contribution in [-0.4, -0.2) is 51.0 Å². The molecule has 2 rings (SSSR count). The van der Waals surface area contributed by atoms with Crippen molar-refractivity contribution in [2.75, 3.05) is 38.8 Å². The molecule has 6 heteroatoms. The zero-order chi connectivity index (χ0) is 15.4. The molecule has 1 N–H and O–H groups in total. The summed E-state index contributed by atoms with van der Waals surface area (Å²) in [4.78, 5) is 8.51. The highest BCUT2D eigenvalue weighted by Crippen LogP contribution is 2.33. The molecule has 21 heavy (non-hydrogen) atoms. The molecule has 1 aliphatic heterocycles. The molecule has 0 spiro atoms. The molecule has 0 aromatic carbocycles. The lowest BCUT2D eigenvalue weighted by atomic mass is 10.1. The van der Waals surface area contributed by atoms with Crippen LogP contribution in [-0.2, 0) is 16.0 Å². The summed E-state index contributed by atoms with van der Waals surface area (Å²) in [6.07, 6.45) is 0.247. The van der Waals surface area contributed by atoms with Crippen molar-refractivity contribution < 1.29 is 9.47 Å². The highest BCUT2D eigenvalue weighted by molar-refractivity contribution is 7.15. The largest absolute Gasteiger partial charge is 0.377 e. The van der Waals surface area contributed by atoms with Crippen molar-refractivity contribution in [1.29, 1.82) is 0 Å². The first-order chi connectivity index (χ1) is 10.1. The van der Waals surface area contributed by atoms with Gasteiger partial charge in [-0.15, -0.1) is 11.3 Å². The van der Waals surface area contributed by atoms with Crippen molar-refractivity contribution >= 4 is 16.5 Å². The molecule has 5 nitrogen and oxygen atoms in total. The van der Waals surface area contributed by atoms with Gasteiger partial charge in [-0.2, -0.15) is 0 Å². The van der Waals surface area contributed by atoms with Crippen molar-refractivity contribution in [2.45, 2.75) is 45.4 Å². The van der Waals surface area contributed by atoms with Crippen LogP contribution in [0.5, 0.6) is 0 Å². The van der Waals surface area contributed by atoms with Crippen LogP contribution in [0.3, 0.4) is 0 Å². The number of thiazole rings is 1. The molecule has 0 amide bonds. The Morgan fingerprint density at radius 1 is 1.29 bits per heavy atom. The SMILES string of the molecule is CCNCc1sc(N2CC(OC)C(OC)C2)nc1C(C)C. The number of anilines is 1. The summed E-state index contributed by atoms with van der Waals surface area (Å²) in [6.45, 7) is 10.1. The van der Waals surface area contributed by atoms with E-state index in [4.69, 9.17) is 14.5 Å². The van der Waals surface area contributed by atoms with Crippen LogP contribution in [0.25, 0.3) is 0 Å². The third kappa shape index (κ3) is 3.74. The first kappa shape index (κ1) is 16.7. The topological polar surface area (TPSA) is 46.6 Å². The maximum absolute atomic E-state index is 5.51. The predicted octanol–water partition coefficient (Wildman–Crippen LogP) is 2.23. The van der Waals surface area contributed by atoms with Crippen LogP contribution in [0, 0.1) is 0 Å². The fraction of sp³-hybridized carbons (Fsp3) is 0.800. The van der Waals surface area contributed by atoms with Gasteiger partial charge in [-0.25, -0.2) is 4.98 Å². The van der Waals surface area contributed by atoms with Gasteiger partial charge in [-0.1, -0.05) is 20.8 Å². The number of nitrogens with one attached hydrogen (secondary N) is 1. The summed E-state index contributed by atoms with van der Waals surface area (Å²) in [5, 5.41) is 4.50. The Kier molecular flexibility index (Phi) is 5.98. The van der Waals surface area contributed by atoms with E-state index in [2.05, 4.69) is 31.0 Å². The average molecular weight is 313 g/mol. The zero-order valence-electron chi connectivity index (χ0n) is 13.7. The normalized spacial score (nSPS) is 22.5. The van der Waals surface area contributed by atoms with E-state index in [1.54, 1.807) is 25.6 Å². The second-order valence-corrected chi connectivity index (χ2v) is 6.76. The zero-order valence-corrected chi connectivity index (χ0v) is 14.5. The predicted molar refractivity (Wildman–Crippen MR) is 87.4 cm³/mol. The van der Waals surface area contributed by atoms with E-state index in [-0.39, 0.29) is 12.2 Å². The summed E-state index contributed by atoms with van der Waals surface area (Å²) < 4.78 is 11.0. The number of aromatic nitrogens is 1. The standard InChI is InChI=1S/C15H27N3O2S/c1-6-16-7-13-14(10(2)3)17-15(21-13)18-8-11(19-4)12(9-18)20-5/h10-12,16H,6-9H2,1-5H3. The summed E-state index contributed by atoms with van der Waals surface area (Å²) in [7, 11) is 3.50. The van der Waals surface area contributed by atoms with E-state index in [1.165, 1.54) is 10.6 Å². The molecule has 2 heterocycles. The Balaban J connectivity index is 2.16. The van der Waals surface area contributed by atoms with Crippen molar-refractivity contribution in [3.05, 3.63) is 10.6 Å². The molecule has 1 aromatic heterocycles. The summed E-state index contributed by atoms with van der Waals surface area (Å²) >= 11 is 1.79. The number of hydrogen-bond acceptors (Lipinski definition) is 6. The smallest absolute Gasteiger partial charge is 0.186 e. The van der Waals surface area contributed by atoms with Gasteiger partial charge in [0.25, 0.3) is 0 Å². The van der Waals surface area contributed by atoms with Crippen LogP contribution >= 0.6 is 11.3 Å². The van der Waals surface area contributed by atoms with Gasteiger partial charge in [0.15, 0.2) is 5.13 Å². The molecule has 2 atom stereocenters. The Morgan fingerprint density at radius 3 is 2.38 bits per heavy atom. The van der Waals surface area contributed by atoms with E-state index in [9.17, 15) is 0 Å². The van der Waals surface area contributed by atoms with Crippen LogP contribution in [0.1, 0.15) is 37.3 Å². The molecule has 0 radical (unpaired) electrons. The van der Waals surface area contributed by atoms with E-state index >= 15 is 0 Å². The van der Waals surface area contributed by atoms with Gasteiger partial charge in [0.05, 0.1) is 5.69 Å². The third-order valence-electron chi connectivity index (χ3n) is 3.89. The average Bonchev–Trinajstić information content (AvgIpc) is 3.08. The monoisotopic (exact) mass is 313 g/mol. The molecule has 1 aliphatic rings. The Bertz CT molecular complexity index is 438. The van der Waals surface area contributed by atoms with Gasteiger partial charge in [-0.05, 0) is 12.5 Å². The second kappa shape index (κ2) is 7.54. The number of methoxy groups -OCH3 is 2. The molecule has 1 fully saturated rings. The molecule has 0 bridgehead atoms. The molecule has 0 saturated carbocycles. The first-order valence-corrected chi connectivity index (χ1v) is 8.43. The molecule has 0 aliphatic carbocycles. The van der Waals surface area contributed by atoms with E-state index in [1.807, 2.05) is 0 Å². The lowest BCUT2D eigenvalue weighted by molar-refractivity contribution is -0.00461. The minimum absolute atomic E-state index is 0.124. The first-order valence-electron chi connectivity index (χ1n) is 7.61. The summed E-state index contributed by atoms with van der Waals surface area (Å²) in [5.74, 6) is 0.447. The van der Waals surface area contributed by atoms with Crippen LogP contribution in [0.2, 0.25) is 0 Å². The van der Waals surface area contributed by atoms with Crippen LogP contribution in [0.15, 0.2) is 0 Å². The van der Waals surface area contributed by atoms with Gasteiger partial charge in [0.1, 0.15) is 12.2 Å². The molecule has 2 unspecified atom stereocenters. The van der Waals surface area contributed by atoms with Crippen molar-refractivity contribution in [1.82, 2.24) is 10.3 Å². The quantitative estimate of drug-likeness (QED) is 0.836. The van der Waals surface area contributed by atoms with E-state index < -0.39 is 0 Å². The maximum atomic E-state index is 5.51. The molecule has 1 saturated heterocycles. The molecular weight excluding hydrogens is 286 g/mol. The maximum Gasteiger partial charge on any atom is 0.186 e. The fourth-order valence-corrected chi connectivity index (χ4v) is 3.86. The Hall–Kier alpha value is -0.690. The Labute approximate surface area is 131 Å². The van der Waals surface area contributed by atoms with Gasteiger partial charge in [-0.3, -0.25) is 0 Å². The van der Waals surface area contributed by atoms with Crippen molar-refractivity contribution in [3.8, 4) is 0 Å².